The molecule has 0 spiro atoms. The molecule has 2 aromatic carbocycles. The number of piperidine rings is 1. The Balaban J connectivity index is 1.32. The first-order valence-electron chi connectivity index (χ1n) is 13.4. The molecule has 2 aromatic rings. The van der Waals surface area contributed by atoms with Crippen molar-refractivity contribution in [3.63, 3.8) is 0 Å². The lowest BCUT2D eigenvalue weighted by atomic mass is 9.96. The first-order valence-corrected chi connectivity index (χ1v) is 14.9. The van der Waals surface area contributed by atoms with Crippen LogP contribution in [0.4, 0.5) is 10.5 Å². The zero-order valence-corrected chi connectivity index (χ0v) is 22.4. The first kappa shape index (κ1) is 27.0. The number of nitrogens with one attached hydrogen (secondary N) is 3. The number of rotatable bonds is 8. The van der Waals surface area contributed by atoms with E-state index in [1.54, 1.807) is 12.1 Å². The van der Waals surface area contributed by atoms with Crippen molar-refractivity contribution in [1.29, 1.82) is 0 Å². The van der Waals surface area contributed by atoms with E-state index in [1.807, 2.05) is 19.1 Å². The Morgan fingerprint density at radius 3 is 2.27 bits per heavy atom. The molecule has 37 heavy (non-hydrogen) atoms. The maximum absolute atomic E-state index is 12.8. The molecule has 1 saturated carbocycles. The molecule has 4 rings (SSSR count). The van der Waals surface area contributed by atoms with Gasteiger partial charge in [-0.15, -0.1) is 0 Å². The van der Waals surface area contributed by atoms with Crippen molar-refractivity contribution >= 4 is 27.6 Å². The molecule has 1 aliphatic heterocycles. The molecular weight excluding hydrogens is 488 g/mol. The van der Waals surface area contributed by atoms with Crippen LogP contribution < -0.4 is 20.3 Å². The number of sulfonamides is 1. The molecule has 200 valence electrons. The summed E-state index contributed by atoms with van der Waals surface area (Å²) in [5.41, 5.74) is 2.96. The Morgan fingerprint density at radius 2 is 1.57 bits per heavy atom. The summed E-state index contributed by atoms with van der Waals surface area (Å²) in [6.07, 6.45) is 8.71. The molecular formula is C28H38N4O4S. The van der Waals surface area contributed by atoms with Gasteiger partial charge in [-0.25, -0.2) is 17.9 Å². The number of benzene rings is 2. The predicted octanol–water partition coefficient (Wildman–Crippen LogP) is 4.42. The largest absolute Gasteiger partial charge is 0.371 e. The van der Waals surface area contributed by atoms with Gasteiger partial charge in [-0.05, 0) is 68.4 Å². The highest BCUT2D eigenvalue weighted by molar-refractivity contribution is 7.90. The number of amides is 3. The van der Waals surface area contributed by atoms with Gasteiger partial charge in [-0.1, -0.05) is 49.6 Å². The van der Waals surface area contributed by atoms with E-state index in [-0.39, 0.29) is 29.3 Å². The summed E-state index contributed by atoms with van der Waals surface area (Å²) >= 11 is 0. The van der Waals surface area contributed by atoms with Gasteiger partial charge in [0.15, 0.2) is 0 Å². The number of urea groups is 1. The summed E-state index contributed by atoms with van der Waals surface area (Å²) in [5, 5.41) is 5.84. The number of carbonyl (C=O) groups is 2. The molecule has 1 aliphatic carbocycles. The van der Waals surface area contributed by atoms with Crippen LogP contribution in [0.25, 0.3) is 0 Å². The normalized spacial score (nSPS) is 17.6. The number of anilines is 1. The zero-order chi connectivity index (χ0) is 26.3. The minimum atomic E-state index is -3.99. The van der Waals surface area contributed by atoms with E-state index in [0.29, 0.717) is 5.56 Å². The van der Waals surface area contributed by atoms with E-state index in [2.05, 4.69) is 32.4 Å². The Kier molecular flexibility index (Phi) is 9.08. The van der Waals surface area contributed by atoms with Crippen molar-refractivity contribution in [3.05, 3.63) is 59.7 Å². The molecule has 1 unspecified atom stereocenters. The van der Waals surface area contributed by atoms with Crippen molar-refractivity contribution in [2.75, 3.05) is 18.0 Å². The summed E-state index contributed by atoms with van der Waals surface area (Å²) in [6.45, 7) is 4.05. The lowest BCUT2D eigenvalue weighted by molar-refractivity contribution is -0.121. The molecule has 3 N–H and O–H groups in total. The number of para-hydroxylation sites is 1. The van der Waals surface area contributed by atoms with Crippen LogP contribution in [0.5, 0.6) is 0 Å². The fourth-order valence-electron chi connectivity index (χ4n) is 5.26. The van der Waals surface area contributed by atoms with Gasteiger partial charge in [0.25, 0.3) is 10.0 Å². The van der Waals surface area contributed by atoms with E-state index >= 15 is 0 Å². The fraction of sp³-hybridized carbons (Fsp3) is 0.500. The molecule has 1 atom stereocenters. The highest BCUT2D eigenvalue weighted by Gasteiger charge is 2.22. The number of hydrogen-bond acceptors (Lipinski definition) is 5. The third-order valence-corrected chi connectivity index (χ3v) is 8.59. The monoisotopic (exact) mass is 526 g/mol. The second-order valence-corrected chi connectivity index (χ2v) is 11.8. The van der Waals surface area contributed by atoms with Crippen molar-refractivity contribution in [2.24, 2.45) is 0 Å². The van der Waals surface area contributed by atoms with Crippen molar-refractivity contribution in [2.45, 2.75) is 81.7 Å². The number of nitrogens with zero attached hydrogens (tertiary/aromatic N) is 1. The lowest BCUT2D eigenvalue weighted by Gasteiger charge is -2.32. The van der Waals surface area contributed by atoms with Crippen molar-refractivity contribution in [3.8, 4) is 0 Å². The highest BCUT2D eigenvalue weighted by atomic mass is 32.2. The summed E-state index contributed by atoms with van der Waals surface area (Å²) in [7, 11) is -3.99. The van der Waals surface area contributed by atoms with Crippen molar-refractivity contribution < 1.29 is 18.0 Å². The van der Waals surface area contributed by atoms with Crippen LogP contribution in [-0.4, -0.2) is 39.5 Å². The molecule has 8 nitrogen and oxygen atoms in total. The van der Waals surface area contributed by atoms with Crippen LogP contribution in [0.1, 0.15) is 75.5 Å². The molecule has 0 aromatic heterocycles. The molecule has 1 heterocycles. The molecule has 1 saturated heterocycles. The van der Waals surface area contributed by atoms with Crippen LogP contribution in [-0.2, 0) is 21.2 Å². The van der Waals surface area contributed by atoms with Gasteiger partial charge >= 0.3 is 6.03 Å². The van der Waals surface area contributed by atoms with Gasteiger partial charge in [0.2, 0.25) is 5.91 Å². The summed E-state index contributed by atoms with van der Waals surface area (Å²) < 4.78 is 27.4. The average Bonchev–Trinajstić information content (AvgIpc) is 2.89. The standard InChI is InChI=1S/C28H38N4O4S/c1-21(25-12-6-7-13-26(25)32-18-8-3-9-19-32)29-27(33)20-22-14-16-24(17-15-22)37(35,36)31-28(34)30-23-10-4-2-5-11-23/h6-7,12-17,21,23H,2-5,8-11,18-20H2,1H3,(H,29,33)(H2,30,31,34). The molecule has 2 aliphatic rings. The lowest BCUT2D eigenvalue weighted by Crippen LogP contribution is -2.45. The van der Waals surface area contributed by atoms with Gasteiger partial charge in [0.05, 0.1) is 17.4 Å². The maximum atomic E-state index is 12.8. The Morgan fingerprint density at radius 1 is 0.919 bits per heavy atom. The topological polar surface area (TPSA) is 108 Å². The van der Waals surface area contributed by atoms with Gasteiger partial charge in [-0.3, -0.25) is 4.79 Å². The molecule has 0 radical (unpaired) electrons. The third-order valence-electron chi connectivity index (χ3n) is 7.24. The Labute approximate surface area is 220 Å². The Hall–Kier alpha value is -3.07. The summed E-state index contributed by atoms with van der Waals surface area (Å²) in [6, 6.07) is 13.4. The van der Waals surface area contributed by atoms with E-state index < -0.39 is 16.1 Å². The zero-order valence-electron chi connectivity index (χ0n) is 21.5. The van der Waals surface area contributed by atoms with Crippen LogP contribution >= 0.6 is 0 Å². The summed E-state index contributed by atoms with van der Waals surface area (Å²) in [5.74, 6) is -0.137. The van der Waals surface area contributed by atoms with E-state index in [4.69, 9.17) is 0 Å². The smallest absolute Gasteiger partial charge is 0.328 e. The third kappa shape index (κ3) is 7.47. The van der Waals surface area contributed by atoms with Crippen LogP contribution in [0.2, 0.25) is 0 Å². The summed E-state index contributed by atoms with van der Waals surface area (Å²) in [4.78, 5) is 27.4. The number of hydrogen-bond donors (Lipinski definition) is 3. The van der Waals surface area contributed by atoms with E-state index in [1.165, 1.54) is 37.1 Å². The maximum Gasteiger partial charge on any atom is 0.328 e. The molecule has 0 bridgehead atoms. The molecule has 9 heteroatoms. The quantitative estimate of drug-likeness (QED) is 0.472. The predicted molar refractivity (Wildman–Crippen MR) is 145 cm³/mol. The Bertz CT molecular complexity index is 1170. The van der Waals surface area contributed by atoms with E-state index in [0.717, 1.165) is 50.8 Å². The minimum absolute atomic E-state index is 0.0130. The minimum Gasteiger partial charge on any atom is -0.371 e. The molecule has 2 fully saturated rings. The van der Waals surface area contributed by atoms with Crippen LogP contribution in [0.3, 0.4) is 0 Å². The van der Waals surface area contributed by atoms with Gasteiger partial charge in [-0.2, -0.15) is 0 Å². The van der Waals surface area contributed by atoms with Crippen molar-refractivity contribution in [1.82, 2.24) is 15.4 Å². The van der Waals surface area contributed by atoms with Gasteiger partial charge in [0, 0.05) is 24.8 Å². The second kappa shape index (κ2) is 12.4. The highest BCUT2D eigenvalue weighted by Crippen LogP contribution is 2.28. The van der Waals surface area contributed by atoms with Gasteiger partial charge in [0.1, 0.15) is 0 Å². The average molecular weight is 527 g/mol. The van der Waals surface area contributed by atoms with E-state index in [9.17, 15) is 18.0 Å². The SMILES string of the molecule is CC(NC(=O)Cc1ccc(S(=O)(=O)NC(=O)NC2CCCCC2)cc1)c1ccccc1N1CCCCC1. The van der Waals surface area contributed by atoms with Crippen LogP contribution in [0.15, 0.2) is 53.4 Å². The fourth-order valence-corrected chi connectivity index (χ4v) is 6.18. The number of carbonyl (C=O) groups excluding carboxylic acids is 2. The van der Waals surface area contributed by atoms with Gasteiger partial charge < -0.3 is 15.5 Å². The van der Waals surface area contributed by atoms with Crippen LogP contribution in [0, 0.1) is 0 Å². The molecule has 3 amide bonds. The first-order chi connectivity index (χ1) is 17.8. The second-order valence-electron chi connectivity index (χ2n) is 10.1.